The van der Waals surface area contributed by atoms with E-state index in [2.05, 4.69) is 9.97 Å². The Hall–Kier alpha value is -0.670. The molecule has 0 aliphatic heterocycles. The molecule has 0 N–H and O–H groups in total. The first-order valence-corrected chi connectivity index (χ1v) is 4.81. The van der Waals surface area contributed by atoms with Crippen LogP contribution in [0.25, 0.3) is 0 Å². The molecule has 1 rings (SSSR count). The summed E-state index contributed by atoms with van der Waals surface area (Å²) in [5, 5.41) is -0.541. The number of nitrogens with zero attached hydrogens (tertiary/aromatic N) is 2. The van der Waals surface area contributed by atoms with Crippen LogP contribution in [0.15, 0.2) is 6.20 Å². The molecular weight excluding hydrogens is 223 g/mol. The van der Waals surface area contributed by atoms with Crippen molar-refractivity contribution in [2.24, 2.45) is 0 Å². The molecule has 14 heavy (non-hydrogen) atoms. The molecule has 0 aliphatic carbocycles. The Bertz CT molecular complexity index is 372. The second-order valence-corrected chi connectivity index (χ2v) is 4.62. The molecule has 5 heteroatoms. The summed E-state index contributed by atoms with van der Waals surface area (Å²) in [6.07, 6.45) is 1.35. The minimum Gasteiger partial charge on any atom is -0.275 e. The van der Waals surface area contributed by atoms with E-state index in [9.17, 15) is 4.79 Å². The van der Waals surface area contributed by atoms with Crippen LogP contribution in [0.1, 0.15) is 37.0 Å². The third-order valence-electron chi connectivity index (χ3n) is 1.62. The normalized spacial score (nSPS) is 11.5. The van der Waals surface area contributed by atoms with Gasteiger partial charge in [0.1, 0.15) is 11.0 Å². The molecule has 0 unspecified atom stereocenters. The maximum Gasteiger partial charge on any atom is 0.257 e. The summed E-state index contributed by atoms with van der Waals surface area (Å²) in [6, 6.07) is 0. The molecule has 0 aromatic carbocycles. The first kappa shape index (κ1) is 11.4. The van der Waals surface area contributed by atoms with Gasteiger partial charge in [0, 0.05) is 11.6 Å². The molecule has 3 nitrogen and oxygen atoms in total. The first-order chi connectivity index (χ1) is 6.32. The third-order valence-corrected chi connectivity index (χ3v) is 2.12. The molecule has 0 atom stereocenters. The average molecular weight is 233 g/mol. The molecule has 0 aliphatic rings. The number of hydrogen-bond donors (Lipinski definition) is 0. The van der Waals surface area contributed by atoms with E-state index in [-0.39, 0.29) is 16.1 Å². The SMILES string of the molecule is CC(C)(C)c1ncc(C(=O)Cl)c(Cl)n1. The lowest BCUT2D eigenvalue weighted by Crippen LogP contribution is -2.16. The zero-order chi connectivity index (χ0) is 10.9. The van der Waals surface area contributed by atoms with Crippen molar-refractivity contribution in [2.75, 3.05) is 0 Å². The number of rotatable bonds is 1. The molecule has 0 saturated carbocycles. The number of carbonyl (C=O) groups is 1. The fourth-order valence-corrected chi connectivity index (χ4v) is 1.26. The minimum atomic E-state index is -0.643. The van der Waals surface area contributed by atoms with E-state index in [0.717, 1.165) is 0 Å². The van der Waals surface area contributed by atoms with Gasteiger partial charge in [-0.2, -0.15) is 0 Å². The van der Waals surface area contributed by atoms with Gasteiger partial charge in [-0.15, -0.1) is 0 Å². The van der Waals surface area contributed by atoms with Gasteiger partial charge in [-0.1, -0.05) is 32.4 Å². The Morgan fingerprint density at radius 1 is 1.43 bits per heavy atom. The molecule has 0 radical (unpaired) electrons. The van der Waals surface area contributed by atoms with Crippen molar-refractivity contribution in [2.45, 2.75) is 26.2 Å². The van der Waals surface area contributed by atoms with Gasteiger partial charge in [0.25, 0.3) is 5.24 Å². The topological polar surface area (TPSA) is 42.9 Å². The molecule has 0 amide bonds. The van der Waals surface area contributed by atoms with Gasteiger partial charge < -0.3 is 0 Å². The van der Waals surface area contributed by atoms with Crippen LogP contribution in [0, 0.1) is 0 Å². The number of carbonyl (C=O) groups excluding carboxylic acids is 1. The fourth-order valence-electron chi connectivity index (χ4n) is 0.854. The summed E-state index contributed by atoms with van der Waals surface area (Å²) in [5.74, 6) is 0.587. The van der Waals surface area contributed by atoms with Crippen LogP contribution >= 0.6 is 23.2 Å². The predicted octanol–water partition coefficient (Wildman–Crippen LogP) is 2.81. The van der Waals surface area contributed by atoms with Gasteiger partial charge in [-0.25, -0.2) is 9.97 Å². The number of hydrogen-bond acceptors (Lipinski definition) is 3. The van der Waals surface area contributed by atoms with Crippen molar-refractivity contribution >= 4 is 28.4 Å². The molecule has 1 heterocycles. The zero-order valence-electron chi connectivity index (χ0n) is 8.14. The quantitative estimate of drug-likeness (QED) is 0.553. The van der Waals surface area contributed by atoms with Crippen LogP contribution in [0.3, 0.4) is 0 Å². The van der Waals surface area contributed by atoms with E-state index < -0.39 is 5.24 Å². The first-order valence-electron chi connectivity index (χ1n) is 4.05. The highest BCUT2D eigenvalue weighted by Gasteiger charge is 2.19. The van der Waals surface area contributed by atoms with Gasteiger partial charge in [0.15, 0.2) is 0 Å². The smallest absolute Gasteiger partial charge is 0.257 e. The Morgan fingerprint density at radius 2 is 2.00 bits per heavy atom. The molecule has 0 bridgehead atoms. The van der Waals surface area contributed by atoms with E-state index in [0.29, 0.717) is 5.82 Å². The fraction of sp³-hybridized carbons (Fsp3) is 0.444. The van der Waals surface area contributed by atoms with Gasteiger partial charge in [0.05, 0.1) is 5.56 Å². The van der Waals surface area contributed by atoms with E-state index in [4.69, 9.17) is 23.2 Å². The maximum atomic E-state index is 10.8. The molecule has 1 aromatic heterocycles. The van der Waals surface area contributed by atoms with E-state index in [1.165, 1.54) is 6.20 Å². The third kappa shape index (κ3) is 2.42. The van der Waals surface area contributed by atoms with Crippen molar-refractivity contribution in [1.29, 1.82) is 0 Å². The van der Waals surface area contributed by atoms with Crippen molar-refractivity contribution in [3.63, 3.8) is 0 Å². The molecular formula is C9H10Cl2N2O. The Balaban J connectivity index is 3.20. The van der Waals surface area contributed by atoms with Gasteiger partial charge in [-0.05, 0) is 11.6 Å². The summed E-state index contributed by atoms with van der Waals surface area (Å²) in [6.45, 7) is 5.88. The van der Waals surface area contributed by atoms with Crippen LogP contribution in [-0.4, -0.2) is 15.2 Å². The van der Waals surface area contributed by atoms with Crippen LogP contribution in [-0.2, 0) is 5.41 Å². The van der Waals surface area contributed by atoms with Crippen LogP contribution in [0.5, 0.6) is 0 Å². The lowest BCUT2D eigenvalue weighted by molar-refractivity contribution is 0.108. The number of halogens is 2. The average Bonchev–Trinajstić information content (AvgIpc) is 2.01. The van der Waals surface area contributed by atoms with Crippen molar-refractivity contribution < 1.29 is 4.79 Å². The lowest BCUT2D eigenvalue weighted by atomic mass is 9.96. The van der Waals surface area contributed by atoms with Crippen molar-refractivity contribution in [3.8, 4) is 0 Å². The molecule has 0 spiro atoms. The molecule has 0 saturated heterocycles. The van der Waals surface area contributed by atoms with Crippen LogP contribution < -0.4 is 0 Å². The second-order valence-electron chi connectivity index (χ2n) is 3.92. The largest absolute Gasteiger partial charge is 0.275 e. The van der Waals surface area contributed by atoms with E-state index in [1.54, 1.807) is 0 Å². The Labute approximate surface area is 92.5 Å². The molecule has 76 valence electrons. The van der Waals surface area contributed by atoms with Crippen LogP contribution in [0.2, 0.25) is 5.15 Å². The van der Waals surface area contributed by atoms with Crippen LogP contribution in [0.4, 0.5) is 0 Å². The highest BCUT2D eigenvalue weighted by Crippen LogP contribution is 2.21. The highest BCUT2D eigenvalue weighted by molar-refractivity contribution is 6.68. The van der Waals surface area contributed by atoms with E-state index >= 15 is 0 Å². The highest BCUT2D eigenvalue weighted by atomic mass is 35.5. The summed E-state index contributed by atoms with van der Waals surface area (Å²) in [5.41, 5.74) is -0.0568. The summed E-state index contributed by atoms with van der Waals surface area (Å²) in [7, 11) is 0. The number of aromatic nitrogens is 2. The summed E-state index contributed by atoms with van der Waals surface area (Å²) >= 11 is 11.0. The minimum absolute atomic E-state index is 0.102. The zero-order valence-corrected chi connectivity index (χ0v) is 9.65. The molecule has 0 fully saturated rings. The molecule has 1 aromatic rings. The summed E-state index contributed by atoms with van der Waals surface area (Å²) < 4.78 is 0. The standard InChI is InChI=1S/C9H10Cl2N2O/c1-9(2,3)8-12-4-5(7(11)14)6(10)13-8/h4H,1-3H3. The van der Waals surface area contributed by atoms with E-state index in [1.807, 2.05) is 20.8 Å². The predicted molar refractivity (Wildman–Crippen MR) is 55.9 cm³/mol. The van der Waals surface area contributed by atoms with Gasteiger partial charge in [0.2, 0.25) is 0 Å². The maximum absolute atomic E-state index is 10.8. The summed E-state index contributed by atoms with van der Waals surface area (Å²) in [4.78, 5) is 18.9. The van der Waals surface area contributed by atoms with Crippen molar-refractivity contribution in [3.05, 3.63) is 22.7 Å². The van der Waals surface area contributed by atoms with Gasteiger partial charge >= 0.3 is 0 Å². The Morgan fingerprint density at radius 3 is 2.36 bits per heavy atom. The monoisotopic (exact) mass is 232 g/mol. The lowest BCUT2D eigenvalue weighted by Gasteiger charge is -2.16. The van der Waals surface area contributed by atoms with Crippen molar-refractivity contribution in [1.82, 2.24) is 9.97 Å². The second kappa shape index (κ2) is 3.83. The Kier molecular flexibility index (Phi) is 3.12. The van der Waals surface area contributed by atoms with Gasteiger partial charge in [-0.3, -0.25) is 4.79 Å².